The maximum Gasteiger partial charge on any atom is -0.0348 e. The summed E-state index contributed by atoms with van der Waals surface area (Å²) in [5, 5.41) is 0. The van der Waals surface area contributed by atoms with Crippen molar-refractivity contribution in [3.05, 3.63) is 24.8 Å². The SMILES string of the molecule is C=CCCC/C=C/CCCCCCC. The van der Waals surface area contributed by atoms with Crippen LogP contribution in [0.5, 0.6) is 0 Å². The quantitative estimate of drug-likeness (QED) is 0.329. The standard InChI is InChI=1S/C14H26/c1-3-5-7-9-11-13-14-12-10-8-6-4-2/h3,11,13H,1,4-10,12,14H2,2H3/b13-11+. The molecule has 0 saturated carbocycles. The smallest absolute Gasteiger partial charge is 0.0348 e. The molecule has 0 atom stereocenters. The van der Waals surface area contributed by atoms with Crippen LogP contribution in [-0.2, 0) is 0 Å². The van der Waals surface area contributed by atoms with Gasteiger partial charge in [-0.2, -0.15) is 0 Å². The molecule has 0 nitrogen and oxygen atoms in total. The molecule has 0 aliphatic heterocycles. The molecule has 0 fully saturated rings. The van der Waals surface area contributed by atoms with Crippen molar-refractivity contribution in [1.82, 2.24) is 0 Å². The lowest BCUT2D eigenvalue weighted by molar-refractivity contribution is 0.637. The Morgan fingerprint density at radius 1 is 0.786 bits per heavy atom. The predicted molar refractivity (Wildman–Crippen MR) is 66.6 cm³/mol. The highest BCUT2D eigenvalue weighted by Crippen LogP contribution is 2.06. The average molecular weight is 194 g/mol. The third-order valence-corrected chi connectivity index (χ3v) is 2.42. The Hall–Kier alpha value is -0.520. The summed E-state index contributed by atoms with van der Waals surface area (Å²) >= 11 is 0. The van der Waals surface area contributed by atoms with Gasteiger partial charge >= 0.3 is 0 Å². The first kappa shape index (κ1) is 13.5. The largest absolute Gasteiger partial charge is 0.103 e. The van der Waals surface area contributed by atoms with Crippen molar-refractivity contribution in [3.8, 4) is 0 Å². The van der Waals surface area contributed by atoms with Crippen molar-refractivity contribution in [2.45, 2.75) is 64.7 Å². The molecule has 14 heavy (non-hydrogen) atoms. The van der Waals surface area contributed by atoms with Crippen LogP contribution in [0.3, 0.4) is 0 Å². The molecule has 0 aromatic carbocycles. The fourth-order valence-electron chi connectivity index (χ4n) is 1.48. The van der Waals surface area contributed by atoms with Crippen molar-refractivity contribution in [2.24, 2.45) is 0 Å². The topological polar surface area (TPSA) is 0 Å². The van der Waals surface area contributed by atoms with Gasteiger partial charge in [-0.15, -0.1) is 6.58 Å². The molecular formula is C14H26. The third kappa shape index (κ3) is 11.5. The first-order valence-corrected chi connectivity index (χ1v) is 6.17. The summed E-state index contributed by atoms with van der Waals surface area (Å²) in [6, 6.07) is 0. The highest BCUT2D eigenvalue weighted by atomic mass is 13.9. The van der Waals surface area contributed by atoms with E-state index in [1.807, 2.05) is 6.08 Å². The molecule has 0 N–H and O–H groups in total. The summed E-state index contributed by atoms with van der Waals surface area (Å²) in [6.07, 6.45) is 18.5. The van der Waals surface area contributed by atoms with E-state index in [1.54, 1.807) is 0 Å². The zero-order valence-electron chi connectivity index (χ0n) is 9.80. The van der Waals surface area contributed by atoms with Crippen molar-refractivity contribution in [1.29, 1.82) is 0 Å². The van der Waals surface area contributed by atoms with Crippen molar-refractivity contribution in [3.63, 3.8) is 0 Å². The summed E-state index contributed by atoms with van der Waals surface area (Å²) in [5.41, 5.74) is 0. The molecule has 0 rings (SSSR count). The molecule has 0 saturated heterocycles. The number of allylic oxidation sites excluding steroid dienone is 3. The van der Waals surface area contributed by atoms with Crippen molar-refractivity contribution >= 4 is 0 Å². The summed E-state index contributed by atoms with van der Waals surface area (Å²) in [7, 11) is 0. The normalized spacial score (nSPS) is 10.9. The van der Waals surface area contributed by atoms with Gasteiger partial charge in [-0.05, 0) is 32.1 Å². The summed E-state index contributed by atoms with van der Waals surface area (Å²) in [5.74, 6) is 0. The number of hydrogen-bond acceptors (Lipinski definition) is 0. The Morgan fingerprint density at radius 3 is 2.07 bits per heavy atom. The summed E-state index contributed by atoms with van der Waals surface area (Å²) in [6.45, 7) is 5.98. The van der Waals surface area contributed by atoms with Crippen LogP contribution in [0.15, 0.2) is 24.8 Å². The van der Waals surface area contributed by atoms with Gasteiger partial charge in [0.25, 0.3) is 0 Å². The van der Waals surface area contributed by atoms with Crippen LogP contribution in [0, 0.1) is 0 Å². The predicted octanol–water partition coefficient (Wildman–Crippen LogP) is 5.26. The lowest BCUT2D eigenvalue weighted by Gasteiger charge is -1.96. The van der Waals surface area contributed by atoms with Gasteiger partial charge in [0, 0.05) is 0 Å². The second-order valence-electron chi connectivity index (χ2n) is 3.89. The molecule has 0 bridgehead atoms. The molecule has 0 unspecified atom stereocenters. The monoisotopic (exact) mass is 194 g/mol. The zero-order valence-corrected chi connectivity index (χ0v) is 9.80. The van der Waals surface area contributed by atoms with E-state index >= 15 is 0 Å². The molecule has 0 heterocycles. The van der Waals surface area contributed by atoms with Gasteiger partial charge in [0.15, 0.2) is 0 Å². The highest BCUT2D eigenvalue weighted by Gasteiger charge is 1.86. The molecule has 0 aliphatic carbocycles. The number of rotatable bonds is 10. The maximum absolute atomic E-state index is 3.71. The molecule has 0 radical (unpaired) electrons. The third-order valence-electron chi connectivity index (χ3n) is 2.42. The Balaban J connectivity index is 2.99. The minimum atomic E-state index is 1.15. The van der Waals surface area contributed by atoms with E-state index in [4.69, 9.17) is 0 Å². The first-order chi connectivity index (χ1) is 6.91. The van der Waals surface area contributed by atoms with Crippen LogP contribution in [-0.4, -0.2) is 0 Å². The Morgan fingerprint density at radius 2 is 1.43 bits per heavy atom. The molecule has 0 aromatic heterocycles. The molecule has 0 aliphatic rings. The summed E-state index contributed by atoms with van der Waals surface area (Å²) in [4.78, 5) is 0. The van der Waals surface area contributed by atoms with E-state index in [0.29, 0.717) is 0 Å². The molecule has 0 amide bonds. The Bertz CT molecular complexity index is 133. The molecule has 82 valence electrons. The zero-order chi connectivity index (χ0) is 10.5. The molecular weight excluding hydrogens is 168 g/mol. The van der Waals surface area contributed by atoms with Crippen LogP contribution in [0.1, 0.15) is 64.7 Å². The lowest BCUT2D eigenvalue weighted by atomic mass is 10.1. The van der Waals surface area contributed by atoms with Gasteiger partial charge in [0.1, 0.15) is 0 Å². The minimum Gasteiger partial charge on any atom is -0.103 e. The van der Waals surface area contributed by atoms with Crippen molar-refractivity contribution < 1.29 is 0 Å². The van der Waals surface area contributed by atoms with Gasteiger partial charge in [-0.3, -0.25) is 0 Å². The Labute approximate surface area is 90.1 Å². The second-order valence-corrected chi connectivity index (χ2v) is 3.89. The van der Waals surface area contributed by atoms with E-state index in [-0.39, 0.29) is 0 Å². The van der Waals surface area contributed by atoms with Gasteiger partial charge in [0.2, 0.25) is 0 Å². The van der Waals surface area contributed by atoms with Gasteiger partial charge < -0.3 is 0 Å². The van der Waals surface area contributed by atoms with Crippen LogP contribution in [0.2, 0.25) is 0 Å². The van der Waals surface area contributed by atoms with E-state index < -0.39 is 0 Å². The van der Waals surface area contributed by atoms with Gasteiger partial charge in [-0.25, -0.2) is 0 Å². The number of unbranched alkanes of at least 4 members (excludes halogenated alkanes) is 7. The number of hydrogen-bond donors (Lipinski definition) is 0. The van der Waals surface area contributed by atoms with E-state index in [0.717, 1.165) is 6.42 Å². The molecule has 0 heteroatoms. The van der Waals surface area contributed by atoms with E-state index in [1.165, 1.54) is 51.4 Å². The van der Waals surface area contributed by atoms with Gasteiger partial charge in [0.05, 0.1) is 0 Å². The maximum atomic E-state index is 3.71. The second kappa shape index (κ2) is 12.5. The van der Waals surface area contributed by atoms with E-state index in [2.05, 4.69) is 25.7 Å². The van der Waals surface area contributed by atoms with Crippen molar-refractivity contribution in [2.75, 3.05) is 0 Å². The van der Waals surface area contributed by atoms with Crippen LogP contribution >= 0.6 is 0 Å². The average Bonchev–Trinajstić information content (AvgIpc) is 2.21. The highest BCUT2D eigenvalue weighted by molar-refractivity contribution is 4.82. The Kier molecular flexibility index (Phi) is 12.0. The molecule has 0 aromatic rings. The molecule has 0 spiro atoms. The first-order valence-electron chi connectivity index (χ1n) is 6.17. The summed E-state index contributed by atoms with van der Waals surface area (Å²) < 4.78 is 0. The van der Waals surface area contributed by atoms with Crippen LogP contribution < -0.4 is 0 Å². The minimum absolute atomic E-state index is 1.15. The fraction of sp³-hybridized carbons (Fsp3) is 0.714. The van der Waals surface area contributed by atoms with Crippen LogP contribution in [0.25, 0.3) is 0 Å². The van der Waals surface area contributed by atoms with Crippen LogP contribution in [0.4, 0.5) is 0 Å². The van der Waals surface area contributed by atoms with E-state index in [9.17, 15) is 0 Å². The lowest BCUT2D eigenvalue weighted by Crippen LogP contribution is -1.76. The fourth-order valence-corrected chi connectivity index (χ4v) is 1.48. The van der Waals surface area contributed by atoms with Gasteiger partial charge in [-0.1, -0.05) is 50.8 Å².